The van der Waals surface area contributed by atoms with E-state index in [1.807, 2.05) is 14.1 Å². The quantitative estimate of drug-likeness (QED) is 0.574. The number of nitrogens with zero attached hydrogens (tertiary/aromatic N) is 2. The molecule has 1 saturated carbocycles. The van der Waals surface area contributed by atoms with Crippen LogP contribution in [-0.4, -0.2) is 20.2 Å². The molecule has 0 aliphatic heterocycles. The van der Waals surface area contributed by atoms with Gasteiger partial charge in [-0.05, 0) is 37.0 Å². The van der Waals surface area contributed by atoms with Gasteiger partial charge in [0.1, 0.15) is 0 Å². The van der Waals surface area contributed by atoms with Crippen LogP contribution < -0.4 is 4.90 Å². The summed E-state index contributed by atoms with van der Waals surface area (Å²) in [6, 6.07) is 6.28. The van der Waals surface area contributed by atoms with Crippen LogP contribution in [0.5, 0.6) is 0 Å². The molecule has 0 unspecified atom stereocenters. The van der Waals surface area contributed by atoms with Gasteiger partial charge < -0.3 is 4.90 Å². The molecule has 3 heteroatoms. The van der Waals surface area contributed by atoms with E-state index in [4.69, 9.17) is 0 Å². The Morgan fingerprint density at radius 1 is 1.38 bits per heavy atom. The number of benzene rings is 1. The van der Waals surface area contributed by atoms with Crippen molar-refractivity contribution in [2.75, 3.05) is 19.0 Å². The van der Waals surface area contributed by atoms with Crippen LogP contribution in [-0.2, 0) is 10.3 Å². The van der Waals surface area contributed by atoms with E-state index in [1.165, 1.54) is 11.3 Å². The molecule has 0 aromatic heterocycles. The molecule has 0 heterocycles. The van der Waals surface area contributed by atoms with Crippen LogP contribution in [0.3, 0.4) is 0 Å². The summed E-state index contributed by atoms with van der Waals surface area (Å²) in [5.74, 6) is 0. The number of hydrogen-bond donors (Lipinski definition) is 0. The van der Waals surface area contributed by atoms with Gasteiger partial charge in [0.2, 0.25) is 6.08 Å². The van der Waals surface area contributed by atoms with Gasteiger partial charge in [-0.1, -0.05) is 12.1 Å². The molecule has 0 radical (unpaired) electrons. The van der Waals surface area contributed by atoms with Crippen molar-refractivity contribution in [1.29, 1.82) is 0 Å². The number of rotatable bonds is 3. The molecule has 0 spiro atoms. The van der Waals surface area contributed by atoms with Crippen LogP contribution in [0, 0.1) is 6.92 Å². The van der Waals surface area contributed by atoms with Crippen molar-refractivity contribution in [3.8, 4) is 0 Å². The summed E-state index contributed by atoms with van der Waals surface area (Å²) in [6.45, 7) is 2.08. The smallest absolute Gasteiger partial charge is 0.235 e. The van der Waals surface area contributed by atoms with E-state index < -0.39 is 0 Å². The summed E-state index contributed by atoms with van der Waals surface area (Å²) in [4.78, 5) is 16.4. The van der Waals surface area contributed by atoms with Crippen molar-refractivity contribution in [1.82, 2.24) is 0 Å². The van der Waals surface area contributed by atoms with Gasteiger partial charge in [0.15, 0.2) is 0 Å². The second kappa shape index (κ2) is 3.76. The van der Waals surface area contributed by atoms with E-state index in [9.17, 15) is 4.79 Å². The van der Waals surface area contributed by atoms with Crippen LogP contribution in [0.1, 0.15) is 24.0 Å². The lowest BCUT2D eigenvalue weighted by atomic mass is 10.0. The number of anilines is 1. The molecule has 3 nitrogen and oxygen atoms in total. The highest BCUT2D eigenvalue weighted by molar-refractivity contribution is 5.56. The molecule has 0 atom stereocenters. The van der Waals surface area contributed by atoms with Crippen LogP contribution in [0.15, 0.2) is 23.2 Å². The molecular weight excluding hydrogens is 200 g/mol. The molecule has 1 aromatic rings. The SMILES string of the molecule is Cc1ccc(C2(N=C=O)CC2)cc1N(C)C. The zero-order valence-electron chi connectivity index (χ0n) is 9.95. The molecule has 16 heavy (non-hydrogen) atoms. The predicted molar refractivity (Wildman–Crippen MR) is 64.5 cm³/mol. The first kappa shape index (κ1) is 10.9. The Labute approximate surface area is 95.8 Å². The minimum atomic E-state index is -0.264. The van der Waals surface area contributed by atoms with Crippen molar-refractivity contribution in [3.63, 3.8) is 0 Å². The van der Waals surface area contributed by atoms with Gasteiger partial charge in [0.25, 0.3) is 0 Å². The number of carbonyl (C=O) groups excluding carboxylic acids is 1. The largest absolute Gasteiger partial charge is 0.377 e. The maximum atomic E-state index is 10.4. The normalized spacial score (nSPS) is 16.4. The minimum absolute atomic E-state index is 0.264. The summed E-state index contributed by atoms with van der Waals surface area (Å²) < 4.78 is 0. The van der Waals surface area contributed by atoms with Gasteiger partial charge in [0.05, 0.1) is 5.54 Å². The Bertz CT molecular complexity index is 455. The summed E-state index contributed by atoms with van der Waals surface area (Å²) in [7, 11) is 4.04. The number of isocyanates is 1. The van der Waals surface area contributed by atoms with E-state index in [1.54, 1.807) is 6.08 Å². The second-order valence-electron chi connectivity index (χ2n) is 4.63. The van der Waals surface area contributed by atoms with Gasteiger partial charge in [-0.15, -0.1) is 0 Å². The summed E-state index contributed by atoms with van der Waals surface area (Å²) in [6.07, 6.45) is 3.61. The third-order valence-electron chi connectivity index (χ3n) is 3.21. The molecule has 1 aliphatic carbocycles. The Morgan fingerprint density at radius 3 is 2.56 bits per heavy atom. The van der Waals surface area contributed by atoms with E-state index in [2.05, 4.69) is 35.0 Å². The van der Waals surface area contributed by atoms with Crippen molar-refractivity contribution < 1.29 is 4.79 Å². The maximum absolute atomic E-state index is 10.4. The first-order chi connectivity index (χ1) is 7.59. The lowest BCUT2D eigenvalue weighted by Crippen LogP contribution is -2.12. The monoisotopic (exact) mass is 216 g/mol. The van der Waals surface area contributed by atoms with E-state index >= 15 is 0 Å². The molecule has 84 valence electrons. The molecule has 0 N–H and O–H groups in total. The Morgan fingerprint density at radius 2 is 2.06 bits per heavy atom. The average molecular weight is 216 g/mol. The average Bonchev–Trinajstić information content (AvgIpc) is 2.99. The summed E-state index contributed by atoms with van der Waals surface area (Å²) >= 11 is 0. The summed E-state index contributed by atoms with van der Waals surface area (Å²) in [5, 5.41) is 0. The van der Waals surface area contributed by atoms with Crippen molar-refractivity contribution in [2.45, 2.75) is 25.3 Å². The molecule has 0 bridgehead atoms. The molecule has 0 saturated heterocycles. The van der Waals surface area contributed by atoms with Crippen LogP contribution in [0.2, 0.25) is 0 Å². The summed E-state index contributed by atoms with van der Waals surface area (Å²) in [5.41, 5.74) is 3.29. The molecule has 1 aromatic carbocycles. The van der Waals surface area contributed by atoms with Gasteiger partial charge in [0, 0.05) is 19.8 Å². The standard InChI is InChI=1S/C13H16N2O/c1-10-4-5-11(8-12(10)15(2)3)13(6-7-13)14-9-16/h4-5,8H,6-7H2,1-3H3. The predicted octanol–water partition coefficient (Wildman–Crippen LogP) is 2.39. The van der Waals surface area contributed by atoms with E-state index in [0.29, 0.717) is 0 Å². The zero-order chi connectivity index (χ0) is 11.8. The first-order valence-electron chi connectivity index (χ1n) is 5.46. The highest BCUT2D eigenvalue weighted by Crippen LogP contribution is 2.49. The van der Waals surface area contributed by atoms with Crippen molar-refractivity contribution in [3.05, 3.63) is 29.3 Å². The minimum Gasteiger partial charge on any atom is -0.377 e. The highest BCUT2D eigenvalue weighted by Gasteiger charge is 2.44. The number of hydrogen-bond acceptors (Lipinski definition) is 3. The van der Waals surface area contributed by atoms with Crippen molar-refractivity contribution in [2.24, 2.45) is 4.99 Å². The third-order valence-corrected chi connectivity index (χ3v) is 3.21. The van der Waals surface area contributed by atoms with E-state index in [-0.39, 0.29) is 5.54 Å². The number of aryl methyl sites for hydroxylation is 1. The van der Waals surface area contributed by atoms with Gasteiger partial charge >= 0.3 is 0 Å². The third kappa shape index (κ3) is 1.74. The van der Waals surface area contributed by atoms with Gasteiger partial charge in [-0.25, -0.2) is 4.79 Å². The Hall–Kier alpha value is -1.60. The topological polar surface area (TPSA) is 32.7 Å². The maximum Gasteiger partial charge on any atom is 0.235 e. The molecule has 1 fully saturated rings. The van der Waals surface area contributed by atoms with Crippen molar-refractivity contribution >= 4 is 11.8 Å². The first-order valence-corrected chi connectivity index (χ1v) is 5.46. The second-order valence-corrected chi connectivity index (χ2v) is 4.63. The zero-order valence-corrected chi connectivity index (χ0v) is 9.95. The number of aliphatic imine (C=N–C) groups is 1. The highest BCUT2D eigenvalue weighted by atomic mass is 16.1. The fourth-order valence-electron chi connectivity index (χ4n) is 2.05. The fraction of sp³-hybridized carbons (Fsp3) is 0.462. The molecular formula is C13H16N2O. The Balaban J connectivity index is 2.44. The molecule has 0 amide bonds. The Kier molecular flexibility index (Phi) is 2.56. The van der Waals surface area contributed by atoms with Gasteiger partial charge in [-0.2, -0.15) is 4.99 Å². The van der Waals surface area contributed by atoms with Gasteiger partial charge in [-0.3, -0.25) is 0 Å². The van der Waals surface area contributed by atoms with Crippen LogP contribution in [0.25, 0.3) is 0 Å². The molecule has 2 rings (SSSR count). The lowest BCUT2D eigenvalue weighted by molar-refractivity contribution is 0.556. The van der Waals surface area contributed by atoms with E-state index in [0.717, 1.165) is 18.4 Å². The fourth-order valence-corrected chi connectivity index (χ4v) is 2.05. The van der Waals surface area contributed by atoms with Crippen LogP contribution in [0.4, 0.5) is 5.69 Å². The van der Waals surface area contributed by atoms with Crippen LogP contribution >= 0.6 is 0 Å². The lowest BCUT2D eigenvalue weighted by Gasteiger charge is -2.18. The molecule has 1 aliphatic rings.